The second kappa shape index (κ2) is 3.40. The zero-order chi connectivity index (χ0) is 12.9. The first-order chi connectivity index (χ1) is 8.58. The maximum atomic E-state index is 12.2. The Bertz CT molecular complexity index is 832. The van der Waals surface area contributed by atoms with Crippen LogP contribution in [0.1, 0.15) is 0 Å². The van der Waals surface area contributed by atoms with Crippen molar-refractivity contribution in [2.45, 2.75) is 0 Å². The summed E-state index contributed by atoms with van der Waals surface area (Å²) in [6, 6.07) is 6.75. The minimum atomic E-state index is -0.459. The Balaban J connectivity index is 2.62. The third-order valence-corrected chi connectivity index (χ3v) is 2.77. The standard InChI is InChI=1S/C13H8O5/c14-7-2-1-3-10-12(7)13(17)6-4-8(15)9(16)5-11(6)18-10/h1-5,14-16H. The highest BCUT2D eigenvalue weighted by molar-refractivity contribution is 5.94. The van der Waals surface area contributed by atoms with Crippen molar-refractivity contribution in [3.63, 3.8) is 0 Å². The van der Waals surface area contributed by atoms with Crippen LogP contribution < -0.4 is 5.43 Å². The van der Waals surface area contributed by atoms with Crippen molar-refractivity contribution in [3.05, 3.63) is 40.6 Å². The fourth-order valence-electron chi connectivity index (χ4n) is 1.91. The Morgan fingerprint density at radius 1 is 0.889 bits per heavy atom. The van der Waals surface area contributed by atoms with Crippen LogP contribution >= 0.6 is 0 Å². The van der Waals surface area contributed by atoms with Gasteiger partial charge < -0.3 is 19.7 Å². The van der Waals surface area contributed by atoms with E-state index < -0.39 is 11.2 Å². The molecule has 0 radical (unpaired) electrons. The summed E-state index contributed by atoms with van der Waals surface area (Å²) in [4.78, 5) is 12.2. The molecule has 1 heterocycles. The van der Waals surface area contributed by atoms with Crippen LogP contribution in [0, 0.1) is 0 Å². The number of benzene rings is 2. The van der Waals surface area contributed by atoms with E-state index in [1.165, 1.54) is 6.07 Å². The molecule has 0 fully saturated rings. The monoisotopic (exact) mass is 244 g/mol. The first-order valence-corrected chi connectivity index (χ1v) is 5.18. The number of phenols is 3. The Labute approximate surface area is 100 Å². The van der Waals surface area contributed by atoms with Gasteiger partial charge in [-0.05, 0) is 18.2 Å². The number of hydrogen-bond donors (Lipinski definition) is 3. The van der Waals surface area contributed by atoms with E-state index in [1.54, 1.807) is 12.1 Å². The highest BCUT2D eigenvalue weighted by Gasteiger charge is 2.13. The molecule has 0 bridgehead atoms. The van der Waals surface area contributed by atoms with Gasteiger partial charge in [0, 0.05) is 6.07 Å². The predicted octanol–water partition coefficient (Wildman–Crippen LogP) is 2.06. The van der Waals surface area contributed by atoms with E-state index in [2.05, 4.69) is 0 Å². The molecule has 2 aromatic carbocycles. The third kappa shape index (κ3) is 1.31. The summed E-state index contributed by atoms with van der Waals surface area (Å²) >= 11 is 0. The van der Waals surface area contributed by atoms with Crippen molar-refractivity contribution in [3.8, 4) is 17.2 Å². The predicted molar refractivity (Wildman–Crippen MR) is 65.0 cm³/mol. The molecule has 0 atom stereocenters. The van der Waals surface area contributed by atoms with Gasteiger partial charge in [0.2, 0.25) is 5.43 Å². The van der Waals surface area contributed by atoms with Gasteiger partial charge in [0.25, 0.3) is 0 Å². The zero-order valence-electron chi connectivity index (χ0n) is 9.04. The Morgan fingerprint density at radius 3 is 2.39 bits per heavy atom. The number of hydrogen-bond acceptors (Lipinski definition) is 5. The molecule has 5 heteroatoms. The van der Waals surface area contributed by atoms with Crippen molar-refractivity contribution >= 4 is 21.9 Å². The zero-order valence-corrected chi connectivity index (χ0v) is 9.04. The maximum absolute atomic E-state index is 12.2. The molecule has 0 aliphatic carbocycles. The summed E-state index contributed by atoms with van der Waals surface area (Å²) in [5, 5.41) is 28.6. The van der Waals surface area contributed by atoms with Crippen LogP contribution in [0.25, 0.3) is 21.9 Å². The average Bonchev–Trinajstić information content (AvgIpc) is 2.32. The van der Waals surface area contributed by atoms with Crippen LogP contribution in [0.2, 0.25) is 0 Å². The topological polar surface area (TPSA) is 90.9 Å². The van der Waals surface area contributed by atoms with Crippen LogP contribution in [0.4, 0.5) is 0 Å². The number of phenolic OH excluding ortho intramolecular Hbond substituents is 3. The molecule has 18 heavy (non-hydrogen) atoms. The van der Waals surface area contributed by atoms with Gasteiger partial charge in [-0.1, -0.05) is 6.07 Å². The number of fused-ring (bicyclic) bond motifs is 2. The minimum Gasteiger partial charge on any atom is -0.507 e. The molecule has 0 aliphatic heterocycles. The van der Waals surface area contributed by atoms with Crippen molar-refractivity contribution < 1.29 is 19.7 Å². The quantitative estimate of drug-likeness (QED) is 0.416. The Morgan fingerprint density at radius 2 is 1.61 bits per heavy atom. The largest absolute Gasteiger partial charge is 0.507 e. The van der Waals surface area contributed by atoms with E-state index in [-0.39, 0.29) is 33.4 Å². The molecule has 3 rings (SSSR count). The van der Waals surface area contributed by atoms with Gasteiger partial charge in [0.15, 0.2) is 11.5 Å². The van der Waals surface area contributed by atoms with E-state index in [9.17, 15) is 20.1 Å². The van der Waals surface area contributed by atoms with Gasteiger partial charge in [-0.2, -0.15) is 0 Å². The highest BCUT2D eigenvalue weighted by atomic mass is 16.3. The van der Waals surface area contributed by atoms with Gasteiger partial charge >= 0.3 is 0 Å². The van der Waals surface area contributed by atoms with Gasteiger partial charge in [-0.15, -0.1) is 0 Å². The van der Waals surface area contributed by atoms with Crippen molar-refractivity contribution in [1.29, 1.82) is 0 Å². The maximum Gasteiger partial charge on any atom is 0.204 e. The molecule has 0 amide bonds. The number of rotatable bonds is 0. The van der Waals surface area contributed by atoms with E-state index in [1.807, 2.05) is 0 Å². The first-order valence-electron chi connectivity index (χ1n) is 5.18. The fraction of sp³-hybridized carbons (Fsp3) is 0. The van der Waals surface area contributed by atoms with E-state index >= 15 is 0 Å². The van der Waals surface area contributed by atoms with E-state index in [0.29, 0.717) is 0 Å². The Hall–Kier alpha value is -2.69. The second-order valence-corrected chi connectivity index (χ2v) is 3.92. The smallest absolute Gasteiger partial charge is 0.204 e. The molecule has 5 nitrogen and oxygen atoms in total. The van der Waals surface area contributed by atoms with Gasteiger partial charge in [-0.25, -0.2) is 0 Å². The minimum absolute atomic E-state index is 0.0510. The SMILES string of the molecule is O=c1c2cc(O)c(O)cc2oc2cccc(O)c12. The van der Waals surface area contributed by atoms with Crippen LogP contribution in [-0.2, 0) is 0 Å². The van der Waals surface area contributed by atoms with E-state index in [4.69, 9.17) is 4.42 Å². The summed E-state index contributed by atoms with van der Waals surface area (Å²) < 4.78 is 5.41. The molecule has 0 aliphatic rings. The van der Waals surface area contributed by atoms with Gasteiger partial charge in [-0.3, -0.25) is 4.79 Å². The molecule has 3 aromatic rings. The van der Waals surface area contributed by atoms with Gasteiger partial charge in [0.1, 0.15) is 22.3 Å². The first kappa shape index (κ1) is 10.5. The average molecular weight is 244 g/mol. The lowest BCUT2D eigenvalue weighted by Crippen LogP contribution is -2.02. The summed E-state index contributed by atoms with van der Waals surface area (Å²) in [6.07, 6.45) is 0. The summed E-state index contributed by atoms with van der Waals surface area (Å²) in [5.74, 6) is -0.967. The second-order valence-electron chi connectivity index (χ2n) is 3.92. The van der Waals surface area contributed by atoms with Gasteiger partial charge in [0.05, 0.1) is 5.39 Å². The number of aromatic hydroxyl groups is 3. The summed E-state index contributed by atoms with van der Waals surface area (Å²) in [5.41, 5.74) is -0.0920. The normalized spacial score (nSPS) is 11.1. The van der Waals surface area contributed by atoms with Crippen molar-refractivity contribution in [1.82, 2.24) is 0 Å². The third-order valence-electron chi connectivity index (χ3n) is 2.77. The molecule has 90 valence electrons. The van der Waals surface area contributed by atoms with Crippen LogP contribution in [0.15, 0.2) is 39.5 Å². The summed E-state index contributed by atoms with van der Waals surface area (Å²) in [7, 11) is 0. The fourth-order valence-corrected chi connectivity index (χ4v) is 1.91. The highest BCUT2D eigenvalue weighted by Crippen LogP contribution is 2.31. The van der Waals surface area contributed by atoms with E-state index in [0.717, 1.165) is 12.1 Å². The summed E-state index contributed by atoms with van der Waals surface area (Å²) in [6.45, 7) is 0. The van der Waals surface area contributed by atoms with Crippen molar-refractivity contribution in [2.24, 2.45) is 0 Å². The van der Waals surface area contributed by atoms with Crippen LogP contribution in [0.3, 0.4) is 0 Å². The lowest BCUT2D eigenvalue weighted by atomic mass is 10.1. The molecule has 0 unspecified atom stereocenters. The van der Waals surface area contributed by atoms with Crippen LogP contribution in [-0.4, -0.2) is 15.3 Å². The molecule has 3 N–H and O–H groups in total. The Kier molecular flexibility index (Phi) is 1.98. The molecular weight excluding hydrogens is 236 g/mol. The molecular formula is C13H8O5. The molecule has 0 saturated carbocycles. The van der Waals surface area contributed by atoms with Crippen LogP contribution in [0.5, 0.6) is 17.2 Å². The lowest BCUT2D eigenvalue weighted by Gasteiger charge is -2.04. The lowest BCUT2D eigenvalue weighted by molar-refractivity contribution is 0.404. The van der Waals surface area contributed by atoms with Crippen molar-refractivity contribution in [2.75, 3.05) is 0 Å². The molecule has 0 spiro atoms. The molecule has 1 aromatic heterocycles. The molecule has 0 saturated heterocycles.